The number of imidazole rings is 1. The molecule has 8 nitrogen and oxygen atoms in total. The average molecular weight is 263 g/mol. The van der Waals surface area contributed by atoms with Gasteiger partial charge in [-0.15, -0.1) is 5.10 Å². The molecule has 1 unspecified atom stereocenters. The molecule has 1 amide bonds. The maximum Gasteiger partial charge on any atom is 0.222 e. The molecule has 0 spiro atoms. The number of rotatable bonds is 6. The highest BCUT2D eigenvalue weighted by Crippen LogP contribution is 2.12. The summed E-state index contributed by atoms with van der Waals surface area (Å²) in [7, 11) is 0. The molecule has 0 saturated carbocycles. The van der Waals surface area contributed by atoms with Gasteiger partial charge in [0.15, 0.2) is 0 Å². The van der Waals surface area contributed by atoms with Gasteiger partial charge in [-0.25, -0.2) is 9.67 Å². The lowest BCUT2D eigenvalue weighted by molar-refractivity contribution is -0.122. The van der Waals surface area contributed by atoms with Crippen LogP contribution in [0.25, 0.3) is 0 Å². The number of carbonyl (C=O) groups is 1. The summed E-state index contributed by atoms with van der Waals surface area (Å²) in [6.07, 6.45) is 4.36. The first kappa shape index (κ1) is 13.2. The molecule has 0 bridgehead atoms. The molecule has 102 valence electrons. The van der Waals surface area contributed by atoms with Gasteiger partial charge in [0.05, 0.1) is 12.6 Å². The predicted octanol–water partition coefficient (Wildman–Crippen LogP) is 0.362. The number of nitrogens with one attached hydrogen (secondary N) is 2. The Kier molecular flexibility index (Phi) is 4.22. The molecule has 0 aliphatic heterocycles. The van der Waals surface area contributed by atoms with E-state index in [1.165, 1.54) is 11.0 Å². The summed E-state index contributed by atoms with van der Waals surface area (Å²) in [6.45, 7) is 4.40. The SMILES string of the molecule is CCC(NC(=O)CCn1cnnn1)c1ncc(C)[nH]1. The van der Waals surface area contributed by atoms with Crippen LogP contribution in [0.15, 0.2) is 12.5 Å². The van der Waals surface area contributed by atoms with Crippen LogP contribution in [0, 0.1) is 6.92 Å². The Balaban J connectivity index is 1.86. The number of H-pyrrole nitrogens is 1. The van der Waals surface area contributed by atoms with Crippen molar-refractivity contribution in [3.05, 3.63) is 24.0 Å². The maximum atomic E-state index is 11.9. The smallest absolute Gasteiger partial charge is 0.222 e. The van der Waals surface area contributed by atoms with Gasteiger partial charge in [0, 0.05) is 18.3 Å². The van der Waals surface area contributed by atoms with Crippen molar-refractivity contribution >= 4 is 5.91 Å². The van der Waals surface area contributed by atoms with Gasteiger partial charge in [-0.05, 0) is 23.8 Å². The van der Waals surface area contributed by atoms with E-state index in [0.29, 0.717) is 13.0 Å². The van der Waals surface area contributed by atoms with E-state index in [4.69, 9.17) is 0 Å². The van der Waals surface area contributed by atoms with Gasteiger partial charge in [-0.1, -0.05) is 6.92 Å². The minimum absolute atomic E-state index is 0.0450. The Bertz CT molecular complexity index is 519. The van der Waals surface area contributed by atoms with Gasteiger partial charge in [0.2, 0.25) is 5.91 Å². The monoisotopic (exact) mass is 263 g/mol. The molecule has 0 aliphatic rings. The minimum atomic E-state index is -0.0879. The van der Waals surface area contributed by atoms with E-state index in [-0.39, 0.29) is 11.9 Å². The maximum absolute atomic E-state index is 11.9. The molecule has 2 aromatic heterocycles. The zero-order valence-electron chi connectivity index (χ0n) is 11.0. The molecule has 0 saturated heterocycles. The van der Waals surface area contributed by atoms with E-state index in [1.807, 2.05) is 13.8 Å². The minimum Gasteiger partial charge on any atom is -0.346 e. The van der Waals surface area contributed by atoms with Crippen molar-refractivity contribution in [1.82, 2.24) is 35.5 Å². The lowest BCUT2D eigenvalue weighted by atomic mass is 10.2. The summed E-state index contributed by atoms with van der Waals surface area (Å²) < 4.78 is 1.53. The Hall–Kier alpha value is -2.25. The van der Waals surface area contributed by atoms with E-state index in [0.717, 1.165) is 17.9 Å². The van der Waals surface area contributed by atoms with Gasteiger partial charge in [0.25, 0.3) is 0 Å². The summed E-state index contributed by atoms with van der Waals surface area (Å²) in [5.74, 6) is 0.743. The van der Waals surface area contributed by atoms with E-state index < -0.39 is 0 Å². The highest BCUT2D eigenvalue weighted by molar-refractivity contribution is 5.76. The van der Waals surface area contributed by atoms with Crippen LogP contribution < -0.4 is 5.32 Å². The van der Waals surface area contributed by atoms with Crippen LogP contribution in [0.3, 0.4) is 0 Å². The number of tetrazole rings is 1. The van der Waals surface area contributed by atoms with Gasteiger partial charge in [0.1, 0.15) is 12.2 Å². The molecule has 2 N–H and O–H groups in total. The lowest BCUT2D eigenvalue weighted by Crippen LogP contribution is -2.29. The molecule has 0 aromatic carbocycles. The number of hydrogen-bond acceptors (Lipinski definition) is 5. The Morgan fingerprint density at radius 1 is 1.58 bits per heavy atom. The Morgan fingerprint density at radius 3 is 3.00 bits per heavy atom. The normalized spacial score (nSPS) is 12.3. The number of carbonyl (C=O) groups excluding carboxylic acids is 1. The fourth-order valence-corrected chi connectivity index (χ4v) is 1.74. The summed E-state index contributed by atoms with van der Waals surface area (Å²) in [5.41, 5.74) is 0.983. The standard InChI is InChI=1S/C11H17N7O/c1-3-9(11-12-6-8(2)14-11)15-10(19)4-5-18-7-13-16-17-18/h6-7,9H,3-5H2,1-2H3,(H,12,14)(H,15,19). The number of aromatic nitrogens is 6. The molecule has 0 radical (unpaired) electrons. The number of aryl methyl sites for hydroxylation is 2. The van der Waals surface area contributed by atoms with E-state index >= 15 is 0 Å². The molecule has 2 aromatic rings. The third-order valence-corrected chi connectivity index (χ3v) is 2.76. The van der Waals surface area contributed by atoms with Crippen molar-refractivity contribution < 1.29 is 4.79 Å². The van der Waals surface area contributed by atoms with Crippen LogP contribution in [-0.4, -0.2) is 36.1 Å². The van der Waals surface area contributed by atoms with Crippen LogP contribution in [0.1, 0.15) is 37.3 Å². The molecule has 2 heterocycles. The van der Waals surface area contributed by atoms with Crippen molar-refractivity contribution in [2.24, 2.45) is 0 Å². The van der Waals surface area contributed by atoms with Crippen LogP contribution in [0.2, 0.25) is 0 Å². The Morgan fingerprint density at radius 2 is 2.42 bits per heavy atom. The zero-order chi connectivity index (χ0) is 13.7. The molecular weight excluding hydrogens is 246 g/mol. The molecule has 1 atom stereocenters. The molecule has 2 rings (SSSR count). The van der Waals surface area contributed by atoms with Crippen molar-refractivity contribution in [2.75, 3.05) is 0 Å². The second-order valence-electron chi connectivity index (χ2n) is 4.30. The quantitative estimate of drug-likeness (QED) is 0.783. The van der Waals surface area contributed by atoms with Gasteiger partial charge >= 0.3 is 0 Å². The van der Waals surface area contributed by atoms with E-state index in [2.05, 4.69) is 30.8 Å². The van der Waals surface area contributed by atoms with Gasteiger partial charge in [-0.3, -0.25) is 4.79 Å². The largest absolute Gasteiger partial charge is 0.346 e. The molecule has 0 aliphatic carbocycles. The average Bonchev–Trinajstić information content (AvgIpc) is 3.04. The van der Waals surface area contributed by atoms with Crippen molar-refractivity contribution in [1.29, 1.82) is 0 Å². The van der Waals surface area contributed by atoms with Crippen molar-refractivity contribution in [3.63, 3.8) is 0 Å². The Labute approximate surface area is 110 Å². The van der Waals surface area contributed by atoms with Gasteiger partial charge in [-0.2, -0.15) is 0 Å². The number of nitrogens with zero attached hydrogens (tertiary/aromatic N) is 5. The highest BCUT2D eigenvalue weighted by atomic mass is 16.1. The lowest BCUT2D eigenvalue weighted by Gasteiger charge is -2.14. The summed E-state index contributed by atoms with van der Waals surface area (Å²) >= 11 is 0. The highest BCUT2D eigenvalue weighted by Gasteiger charge is 2.15. The summed E-state index contributed by atoms with van der Waals surface area (Å²) in [4.78, 5) is 19.2. The van der Waals surface area contributed by atoms with Crippen LogP contribution >= 0.6 is 0 Å². The number of hydrogen-bond donors (Lipinski definition) is 2. The second-order valence-corrected chi connectivity index (χ2v) is 4.30. The summed E-state index contributed by atoms with van der Waals surface area (Å²) in [5, 5.41) is 13.7. The number of aromatic amines is 1. The number of amides is 1. The molecule has 0 fully saturated rings. The molecular formula is C11H17N7O. The topological polar surface area (TPSA) is 101 Å². The molecule has 8 heteroatoms. The predicted molar refractivity (Wildman–Crippen MR) is 66.9 cm³/mol. The van der Waals surface area contributed by atoms with Crippen molar-refractivity contribution in [3.8, 4) is 0 Å². The van der Waals surface area contributed by atoms with Crippen LogP contribution in [0.5, 0.6) is 0 Å². The molecule has 19 heavy (non-hydrogen) atoms. The van der Waals surface area contributed by atoms with Crippen LogP contribution in [-0.2, 0) is 11.3 Å². The fraction of sp³-hybridized carbons (Fsp3) is 0.545. The van der Waals surface area contributed by atoms with Crippen LogP contribution in [0.4, 0.5) is 0 Å². The van der Waals surface area contributed by atoms with Gasteiger partial charge < -0.3 is 10.3 Å². The first-order chi connectivity index (χ1) is 9.19. The second kappa shape index (κ2) is 6.07. The first-order valence-corrected chi connectivity index (χ1v) is 6.20. The third kappa shape index (κ3) is 3.60. The first-order valence-electron chi connectivity index (χ1n) is 6.20. The summed E-state index contributed by atoms with van der Waals surface area (Å²) in [6, 6.07) is -0.0879. The zero-order valence-corrected chi connectivity index (χ0v) is 11.0. The van der Waals surface area contributed by atoms with E-state index in [1.54, 1.807) is 6.20 Å². The van der Waals surface area contributed by atoms with E-state index in [9.17, 15) is 4.79 Å². The fourth-order valence-electron chi connectivity index (χ4n) is 1.74. The third-order valence-electron chi connectivity index (χ3n) is 2.76. The van der Waals surface area contributed by atoms with Crippen molar-refractivity contribution in [2.45, 2.75) is 39.3 Å².